The van der Waals surface area contributed by atoms with Gasteiger partial charge in [-0.3, -0.25) is 34.2 Å². The summed E-state index contributed by atoms with van der Waals surface area (Å²) < 4.78 is 15.4. The molecule has 164 valence electrons. The highest BCUT2D eigenvalue weighted by Gasteiger charge is 2.42. The number of anilines is 1. The van der Waals surface area contributed by atoms with E-state index in [0.29, 0.717) is 22.1 Å². The van der Waals surface area contributed by atoms with Crippen LogP contribution in [0.4, 0.5) is 11.4 Å². The minimum absolute atomic E-state index is 0.0711. The summed E-state index contributed by atoms with van der Waals surface area (Å²) in [6, 6.07) is 8.35. The molecule has 2 heterocycles. The molecule has 1 atom stereocenters. The normalized spacial score (nSPS) is 14.7. The van der Waals surface area contributed by atoms with Crippen molar-refractivity contribution in [2.45, 2.75) is 13.0 Å². The van der Waals surface area contributed by atoms with Crippen LogP contribution in [0, 0.1) is 10.1 Å². The lowest BCUT2D eigenvalue weighted by Crippen LogP contribution is -2.38. The number of imide groups is 1. The summed E-state index contributed by atoms with van der Waals surface area (Å²) in [7, 11) is 0. The molecule has 32 heavy (non-hydrogen) atoms. The molecule has 0 spiro atoms. The van der Waals surface area contributed by atoms with Gasteiger partial charge in [-0.25, -0.2) is 0 Å². The van der Waals surface area contributed by atoms with Crippen LogP contribution >= 0.6 is 0 Å². The van der Waals surface area contributed by atoms with Gasteiger partial charge in [-0.15, -0.1) is 0 Å². The summed E-state index contributed by atoms with van der Waals surface area (Å²) in [5.41, 5.74) is -0.711. The van der Waals surface area contributed by atoms with Crippen LogP contribution in [0.1, 0.15) is 27.6 Å². The van der Waals surface area contributed by atoms with E-state index in [0.717, 1.165) is 6.07 Å². The molecule has 2 aromatic rings. The van der Waals surface area contributed by atoms with Gasteiger partial charge >= 0.3 is 5.97 Å². The minimum Gasteiger partial charge on any atom is -0.454 e. The van der Waals surface area contributed by atoms with Crippen LogP contribution in [-0.2, 0) is 14.3 Å². The summed E-state index contributed by atoms with van der Waals surface area (Å²) in [6.07, 6.45) is -1.25. The topological polar surface area (TPSA) is 154 Å². The molecule has 2 aliphatic heterocycles. The number of rotatable bonds is 6. The quantitative estimate of drug-likeness (QED) is 0.304. The number of carbonyl (C=O) groups is 4. The first-order valence-electron chi connectivity index (χ1n) is 9.30. The zero-order chi connectivity index (χ0) is 23.0. The third-order valence-corrected chi connectivity index (χ3v) is 4.78. The summed E-state index contributed by atoms with van der Waals surface area (Å²) in [5, 5.41) is 13.7. The molecular formula is C20H15N3O9. The zero-order valence-corrected chi connectivity index (χ0v) is 16.5. The molecule has 2 aromatic carbocycles. The molecule has 0 radical (unpaired) electrons. The van der Waals surface area contributed by atoms with Gasteiger partial charge in [0.2, 0.25) is 6.79 Å². The van der Waals surface area contributed by atoms with Crippen molar-refractivity contribution in [1.82, 2.24) is 4.90 Å². The predicted octanol–water partition coefficient (Wildman–Crippen LogP) is 1.49. The summed E-state index contributed by atoms with van der Waals surface area (Å²) in [4.78, 5) is 60.5. The van der Waals surface area contributed by atoms with Crippen LogP contribution in [0.25, 0.3) is 0 Å². The van der Waals surface area contributed by atoms with Crippen molar-refractivity contribution in [2.75, 3.05) is 18.7 Å². The van der Waals surface area contributed by atoms with E-state index in [1.807, 2.05) is 0 Å². The number of esters is 1. The van der Waals surface area contributed by atoms with Gasteiger partial charge in [-0.05, 0) is 25.1 Å². The van der Waals surface area contributed by atoms with Gasteiger partial charge in [0.1, 0.15) is 12.1 Å². The zero-order valence-electron chi connectivity index (χ0n) is 16.5. The highest BCUT2D eigenvalue weighted by Crippen LogP contribution is 2.34. The second-order valence-electron chi connectivity index (χ2n) is 6.84. The van der Waals surface area contributed by atoms with E-state index in [1.54, 1.807) is 18.2 Å². The first kappa shape index (κ1) is 20.8. The highest BCUT2D eigenvalue weighted by molar-refractivity contribution is 6.24. The molecule has 0 saturated carbocycles. The van der Waals surface area contributed by atoms with Crippen molar-refractivity contribution in [3.8, 4) is 11.5 Å². The molecule has 0 fully saturated rings. The Hall–Kier alpha value is -4.48. The smallest absolute Gasteiger partial charge is 0.326 e. The number of nitrogens with one attached hydrogen (secondary N) is 1. The summed E-state index contributed by atoms with van der Waals surface area (Å²) in [6.45, 7) is 0.584. The fourth-order valence-electron chi connectivity index (χ4n) is 3.25. The van der Waals surface area contributed by atoms with Gasteiger partial charge in [0.05, 0.1) is 10.5 Å². The number of nitro groups is 1. The number of benzene rings is 2. The van der Waals surface area contributed by atoms with E-state index < -0.39 is 47.0 Å². The number of ether oxygens (including phenoxy) is 3. The molecule has 4 rings (SSSR count). The third-order valence-electron chi connectivity index (χ3n) is 4.78. The van der Waals surface area contributed by atoms with Gasteiger partial charge < -0.3 is 19.5 Å². The Balaban J connectivity index is 1.38. The number of amides is 3. The second-order valence-corrected chi connectivity index (χ2v) is 6.84. The van der Waals surface area contributed by atoms with Gasteiger partial charge in [-0.1, -0.05) is 6.07 Å². The second kappa shape index (κ2) is 7.98. The number of hydrogen-bond acceptors (Lipinski definition) is 9. The molecule has 0 aromatic heterocycles. The van der Waals surface area contributed by atoms with E-state index in [-0.39, 0.29) is 17.9 Å². The first-order valence-corrected chi connectivity index (χ1v) is 9.30. The maximum Gasteiger partial charge on any atom is 0.326 e. The van der Waals surface area contributed by atoms with E-state index in [1.165, 1.54) is 19.1 Å². The van der Waals surface area contributed by atoms with Crippen molar-refractivity contribution in [2.24, 2.45) is 0 Å². The number of fused-ring (bicyclic) bond motifs is 2. The number of carbonyl (C=O) groups excluding carboxylic acids is 4. The Kier molecular flexibility index (Phi) is 5.18. The van der Waals surface area contributed by atoms with Gasteiger partial charge in [0.25, 0.3) is 23.4 Å². The van der Waals surface area contributed by atoms with E-state index in [2.05, 4.69) is 5.32 Å². The van der Waals surface area contributed by atoms with Gasteiger partial charge in [0.15, 0.2) is 17.6 Å². The molecule has 3 amide bonds. The Morgan fingerprint density at radius 3 is 2.69 bits per heavy atom. The maximum atomic E-state index is 12.5. The molecule has 2 aliphatic rings. The van der Waals surface area contributed by atoms with Crippen LogP contribution in [0.5, 0.6) is 11.5 Å². The van der Waals surface area contributed by atoms with E-state index >= 15 is 0 Å². The van der Waals surface area contributed by atoms with Crippen LogP contribution in [0.15, 0.2) is 36.4 Å². The van der Waals surface area contributed by atoms with Crippen molar-refractivity contribution in [3.63, 3.8) is 0 Å². The number of nitrogens with zero attached hydrogens (tertiary/aromatic N) is 2. The number of nitro benzene ring substituents is 1. The first-order chi connectivity index (χ1) is 15.3. The van der Waals surface area contributed by atoms with Crippen molar-refractivity contribution in [1.29, 1.82) is 0 Å². The van der Waals surface area contributed by atoms with Crippen molar-refractivity contribution >= 4 is 35.1 Å². The highest BCUT2D eigenvalue weighted by atomic mass is 16.7. The Bertz CT molecular complexity index is 1180. The lowest BCUT2D eigenvalue weighted by atomic mass is 10.1. The lowest BCUT2D eigenvalue weighted by Gasteiger charge is -2.16. The van der Waals surface area contributed by atoms with Gasteiger partial charge in [0, 0.05) is 17.8 Å². The summed E-state index contributed by atoms with van der Waals surface area (Å²) in [5.74, 6) is -2.55. The van der Waals surface area contributed by atoms with Crippen LogP contribution in [-0.4, -0.2) is 53.0 Å². The predicted molar refractivity (Wildman–Crippen MR) is 105 cm³/mol. The molecule has 1 N–H and O–H groups in total. The minimum atomic E-state index is -1.25. The average molecular weight is 441 g/mol. The third kappa shape index (κ3) is 3.69. The van der Waals surface area contributed by atoms with Crippen molar-refractivity contribution in [3.05, 3.63) is 57.6 Å². The molecule has 0 bridgehead atoms. The van der Waals surface area contributed by atoms with Crippen LogP contribution in [0.2, 0.25) is 0 Å². The van der Waals surface area contributed by atoms with E-state index in [9.17, 15) is 29.3 Å². The Morgan fingerprint density at radius 1 is 1.19 bits per heavy atom. The standard InChI is InChI=1S/C20H15N3O9/c1-10(18(25)21-11-5-6-14-15(7-11)31-9-30-14)32-16(24)8-22-19(26)12-3-2-4-13(23(28)29)17(12)20(22)27/h2-7,10H,8-9H2,1H3,(H,21,25). The SMILES string of the molecule is CC(OC(=O)CN1C(=O)c2cccc([N+](=O)[O-])c2C1=O)C(=O)Nc1ccc2c(c1)OCO2. The van der Waals surface area contributed by atoms with Gasteiger partial charge in [-0.2, -0.15) is 0 Å². The lowest BCUT2D eigenvalue weighted by molar-refractivity contribution is -0.385. The monoisotopic (exact) mass is 441 g/mol. The molecule has 0 saturated heterocycles. The molecule has 12 nitrogen and oxygen atoms in total. The van der Waals surface area contributed by atoms with Crippen LogP contribution < -0.4 is 14.8 Å². The van der Waals surface area contributed by atoms with E-state index in [4.69, 9.17) is 14.2 Å². The Labute approximate surface area is 179 Å². The average Bonchev–Trinajstić information content (AvgIpc) is 3.32. The molecular weight excluding hydrogens is 426 g/mol. The van der Waals surface area contributed by atoms with Crippen molar-refractivity contribution < 1.29 is 38.3 Å². The fraction of sp³-hybridized carbons (Fsp3) is 0.200. The molecule has 0 aliphatic carbocycles. The number of hydrogen-bond donors (Lipinski definition) is 1. The maximum absolute atomic E-state index is 12.5. The van der Waals surface area contributed by atoms with Crippen LogP contribution in [0.3, 0.4) is 0 Å². The molecule has 1 unspecified atom stereocenters. The largest absolute Gasteiger partial charge is 0.454 e. The fourth-order valence-corrected chi connectivity index (χ4v) is 3.25. The summed E-state index contributed by atoms with van der Waals surface area (Å²) >= 11 is 0. The Morgan fingerprint density at radius 2 is 1.94 bits per heavy atom. The molecule has 12 heteroatoms.